The molecule has 0 aliphatic carbocycles. The average Bonchev–Trinajstić information content (AvgIpc) is 2.65. The lowest BCUT2D eigenvalue weighted by Crippen LogP contribution is -2.33. The first kappa shape index (κ1) is 17.4. The summed E-state index contributed by atoms with van der Waals surface area (Å²) in [5.41, 5.74) is 1.42. The first-order valence-electron chi connectivity index (χ1n) is 7.58. The van der Waals surface area contributed by atoms with Crippen LogP contribution in [0.25, 0.3) is 0 Å². The summed E-state index contributed by atoms with van der Waals surface area (Å²) in [6, 6.07) is 16.4. The smallest absolute Gasteiger partial charge is 0.260 e. The van der Waals surface area contributed by atoms with Crippen LogP contribution in [0, 0.1) is 11.3 Å². The van der Waals surface area contributed by atoms with Crippen LogP contribution in [-0.4, -0.2) is 31.6 Å². The Hall–Kier alpha value is -3.00. The number of rotatable bonds is 6. The maximum absolute atomic E-state index is 12.3. The second-order valence-electron chi connectivity index (χ2n) is 5.35. The zero-order valence-electron chi connectivity index (χ0n) is 14.0. The van der Waals surface area contributed by atoms with Crippen LogP contribution in [0.3, 0.4) is 0 Å². The quantitative estimate of drug-likeness (QED) is 0.819. The molecule has 124 valence electrons. The number of para-hydroxylation sites is 1. The highest BCUT2D eigenvalue weighted by Gasteiger charge is 2.18. The van der Waals surface area contributed by atoms with Gasteiger partial charge >= 0.3 is 0 Å². The number of nitriles is 1. The summed E-state index contributed by atoms with van der Waals surface area (Å²) in [5.74, 6) is 1.03. The van der Waals surface area contributed by atoms with Crippen molar-refractivity contribution >= 4 is 5.91 Å². The number of likely N-dealkylation sites (N-methyl/N-ethyl adjacent to an activating group) is 1. The van der Waals surface area contributed by atoms with E-state index in [2.05, 4.69) is 0 Å². The van der Waals surface area contributed by atoms with Gasteiger partial charge in [-0.05, 0) is 36.8 Å². The maximum atomic E-state index is 12.3. The Kier molecular flexibility index (Phi) is 5.80. The summed E-state index contributed by atoms with van der Waals surface area (Å²) in [7, 11) is 3.35. The molecule has 5 heteroatoms. The molecule has 1 amide bonds. The fourth-order valence-corrected chi connectivity index (χ4v) is 2.25. The lowest BCUT2D eigenvalue weighted by atomic mass is 10.1. The molecule has 2 aromatic carbocycles. The first-order chi connectivity index (χ1) is 11.6. The molecule has 5 nitrogen and oxygen atoms in total. The molecule has 0 fully saturated rings. The number of carbonyl (C=O) groups excluding carboxylic acids is 1. The number of methoxy groups -OCH3 is 1. The minimum Gasteiger partial charge on any atom is -0.497 e. The number of nitrogens with zero attached hydrogens (tertiary/aromatic N) is 2. The van der Waals surface area contributed by atoms with Crippen molar-refractivity contribution in [2.45, 2.75) is 13.0 Å². The molecule has 0 saturated carbocycles. The van der Waals surface area contributed by atoms with E-state index in [9.17, 15) is 4.79 Å². The third kappa shape index (κ3) is 4.05. The van der Waals surface area contributed by atoms with Crippen molar-refractivity contribution in [3.8, 4) is 17.6 Å². The Morgan fingerprint density at radius 3 is 2.50 bits per heavy atom. The van der Waals surface area contributed by atoms with Crippen molar-refractivity contribution in [3.05, 3.63) is 59.7 Å². The number of carbonyl (C=O) groups is 1. The SMILES string of the molecule is COc1ccc(C(C)N(C)C(=O)COc2ccccc2C#N)cc1. The summed E-state index contributed by atoms with van der Waals surface area (Å²) in [4.78, 5) is 14.0. The molecule has 2 rings (SSSR count). The molecule has 24 heavy (non-hydrogen) atoms. The fourth-order valence-electron chi connectivity index (χ4n) is 2.25. The largest absolute Gasteiger partial charge is 0.497 e. The number of hydrogen-bond donors (Lipinski definition) is 0. The van der Waals surface area contributed by atoms with E-state index in [1.807, 2.05) is 37.3 Å². The molecule has 0 heterocycles. The van der Waals surface area contributed by atoms with Crippen molar-refractivity contribution in [2.24, 2.45) is 0 Å². The van der Waals surface area contributed by atoms with Crippen molar-refractivity contribution in [1.29, 1.82) is 5.26 Å². The molecule has 1 atom stereocenters. The summed E-state index contributed by atoms with van der Waals surface area (Å²) in [6.45, 7) is 1.83. The van der Waals surface area contributed by atoms with Gasteiger partial charge in [0.05, 0.1) is 18.7 Å². The van der Waals surface area contributed by atoms with Crippen LogP contribution in [0.15, 0.2) is 48.5 Å². The molecule has 2 aromatic rings. The van der Waals surface area contributed by atoms with Crippen molar-refractivity contribution in [3.63, 3.8) is 0 Å². The number of ether oxygens (including phenoxy) is 2. The minimum atomic E-state index is -0.161. The molecule has 0 bridgehead atoms. The van der Waals surface area contributed by atoms with Gasteiger partial charge in [0.2, 0.25) is 0 Å². The van der Waals surface area contributed by atoms with Crippen LogP contribution in [0.1, 0.15) is 24.1 Å². The van der Waals surface area contributed by atoms with Gasteiger partial charge in [-0.2, -0.15) is 5.26 Å². The van der Waals surface area contributed by atoms with Crippen molar-refractivity contribution in [2.75, 3.05) is 20.8 Å². The zero-order chi connectivity index (χ0) is 17.5. The van der Waals surface area contributed by atoms with E-state index in [-0.39, 0.29) is 18.6 Å². The van der Waals surface area contributed by atoms with Gasteiger partial charge < -0.3 is 14.4 Å². The van der Waals surface area contributed by atoms with Crippen LogP contribution in [0.5, 0.6) is 11.5 Å². The van der Waals surface area contributed by atoms with E-state index in [0.717, 1.165) is 11.3 Å². The van der Waals surface area contributed by atoms with Gasteiger partial charge in [0, 0.05) is 7.05 Å². The summed E-state index contributed by atoms with van der Waals surface area (Å²) in [5, 5.41) is 9.04. The number of amides is 1. The van der Waals surface area contributed by atoms with E-state index in [1.54, 1.807) is 43.3 Å². The molecule has 0 aromatic heterocycles. The van der Waals surface area contributed by atoms with Crippen LogP contribution in [0.2, 0.25) is 0 Å². The van der Waals surface area contributed by atoms with E-state index < -0.39 is 0 Å². The second-order valence-corrected chi connectivity index (χ2v) is 5.35. The van der Waals surface area contributed by atoms with Crippen LogP contribution >= 0.6 is 0 Å². The predicted octanol–water partition coefficient (Wildman–Crippen LogP) is 3.17. The Balaban J connectivity index is 1.99. The molecule has 0 spiro atoms. The van der Waals surface area contributed by atoms with Gasteiger partial charge in [0.25, 0.3) is 5.91 Å². The fraction of sp³-hybridized carbons (Fsp3) is 0.263. The van der Waals surface area contributed by atoms with Gasteiger partial charge in [-0.3, -0.25) is 4.79 Å². The third-order valence-electron chi connectivity index (χ3n) is 3.93. The van der Waals surface area contributed by atoms with Crippen LogP contribution in [0.4, 0.5) is 0 Å². The Morgan fingerprint density at radius 2 is 1.88 bits per heavy atom. The van der Waals surface area contributed by atoms with E-state index in [0.29, 0.717) is 11.3 Å². The predicted molar refractivity (Wildman–Crippen MR) is 90.8 cm³/mol. The maximum Gasteiger partial charge on any atom is 0.260 e. The molecule has 0 saturated heterocycles. The van der Waals surface area contributed by atoms with E-state index in [4.69, 9.17) is 14.7 Å². The third-order valence-corrected chi connectivity index (χ3v) is 3.93. The first-order valence-corrected chi connectivity index (χ1v) is 7.58. The van der Waals surface area contributed by atoms with Gasteiger partial charge in [0.1, 0.15) is 17.6 Å². The minimum absolute atomic E-state index is 0.0989. The molecule has 0 radical (unpaired) electrons. The highest BCUT2D eigenvalue weighted by atomic mass is 16.5. The highest BCUT2D eigenvalue weighted by Crippen LogP contribution is 2.22. The van der Waals surface area contributed by atoms with Gasteiger partial charge in [-0.1, -0.05) is 24.3 Å². The molecular weight excluding hydrogens is 304 g/mol. The molecule has 0 aliphatic rings. The summed E-state index contributed by atoms with van der Waals surface area (Å²) >= 11 is 0. The Morgan fingerprint density at radius 1 is 1.21 bits per heavy atom. The van der Waals surface area contributed by atoms with Crippen LogP contribution < -0.4 is 9.47 Å². The van der Waals surface area contributed by atoms with Crippen molar-refractivity contribution in [1.82, 2.24) is 4.90 Å². The zero-order valence-corrected chi connectivity index (χ0v) is 14.0. The Bertz CT molecular complexity index is 735. The Labute approximate surface area is 142 Å². The molecule has 1 unspecified atom stereocenters. The second kappa shape index (κ2) is 8.02. The van der Waals surface area contributed by atoms with E-state index in [1.165, 1.54) is 0 Å². The average molecular weight is 324 g/mol. The summed E-state index contributed by atoms with van der Waals surface area (Å²) < 4.78 is 10.6. The summed E-state index contributed by atoms with van der Waals surface area (Å²) in [6.07, 6.45) is 0. The van der Waals surface area contributed by atoms with Gasteiger partial charge in [-0.15, -0.1) is 0 Å². The topological polar surface area (TPSA) is 62.6 Å². The van der Waals surface area contributed by atoms with E-state index >= 15 is 0 Å². The molecular formula is C19H20N2O3. The molecule has 0 N–H and O–H groups in total. The van der Waals surface area contributed by atoms with Gasteiger partial charge in [-0.25, -0.2) is 0 Å². The number of benzene rings is 2. The van der Waals surface area contributed by atoms with Crippen molar-refractivity contribution < 1.29 is 14.3 Å². The lowest BCUT2D eigenvalue weighted by molar-refractivity contribution is -0.134. The van der Waals surface area contributed by atoms with Crippen LogP contribution in [-0.2, 0) is 4.79 Å². The van der Waals surface area contributed by atoms with Gasteiger partial charge in [0.15, 0.2) is 6.61 Å². The normalized spacial score (nSPS) is 11.2. The number of hydrogen-bond acceptors (Lipinski definition) is 4. The standard InChI is InChI=1S/C19H20N2O3/c1-14(15-8-10-17(23-3)11-9-15)21(2)19(22)13-24-18-7-5-4-6-16(18)12-20/h4-11,14H,13H2,1-3H3. The highest BCUT2D eigenvalue weighted by molar-refractivity contribution is 5.78. The monoisotopic (exact) mass is 324 g/mol. The molecule has 0 aliphatic heterocycles. The lowest BCUT2D eigenvalue weighted by Gasteiger charge is -2.25.